The van der Waals surface area contributed by atoms with Crippen molar-refractivity contribution in [2.75, 3.05) is 44.0 Å². The number of aryl methyl sites for hydroxylation is 2. The number of aromatic amines is 1. The Morgan fingerprint density at radius 1 is 1.00 bits per heavy atom. The Hall–Kier alpha value is -3.89. The van der Waals surface area contributed by atoms with Crippen molar-refractivity contribution in [3.8, 4) is 0 Å². The first-order valence-electron chi connectivity index (χ1n) is 14.7. The molecule has 0 unspecified atom stereocenters. The number of fused-ring (bicyclic) bond motifs is 1. The number of benzene rings is 2. The third kappa shape index (κ3) is 6.60. The predicted octanol–water partition coefficient (Wildman–Crippen LogP) is 5.67. The van der Waals surface area contributed by atoms with Gasteiger partial charge in [0.1, 0.15) is 17.2 Å². The highest BCUT2D eigenvalue weighted by atomic mass is 19.1. The van der Waals surface area contributed by atoms with E-state index in [1.54, 1.807) is 0 Å². The molecule has 3 N–H and O–H groups in total. The van der Waals surface area contributed by atoms with Crippen molar-refractivity contribution in [2.45, 2.75) is 50.5 Å². The van der Waals surface area contributed by atoms with Crippen LogP contribution in [0, 0.1) is 11.6 Å². The van der Waals surface area contributed by atoms with Gasteiger partial charge in [-0.1, -0.05) is 6.07 Å². The van der Waals surface area contributed by atoms with Crippen LogP contribution in [0.4, 0.5) is 20.3 Å². The number of pyridine rings is 1. The lowest BCUT2D eigenvalue weighted by Gasteiger charge is -2.30. The highest BCUT2D eigenvalue weighted by Crippen LogP contribution is 2.32. The lowest BCUT2D eigenvalue weighted by Crippen LogP contribution is -2.30. The van der Waals surface area contributed by atoms with E-state index in [4.69, 9.17) is 9.72 Å². The van der Waals surface area contributed by atoms with Crippen LogP contribution in [0.3, 0.4) is 0 Å². The molecule has 2 aromatic heterocycles. The lowest BCUT2D eigenvalue weighted by atomic mass is 9.88. The van der Waals surface area contributed by atoms with Gasteiger partial charge in [0.15, 0.2) is 5.82 Å². The number of piperidine rings is 1. The van der Waals surface area contributed by atoms with Gasteiger partial charge < -0.3 is 20.3 Å². The van der Waals surface area contributed by atoms with E-state index in [9.17, 15) is 13.6 Å². The number of H-pyrrole nitrogens is 1. The molecule has 2 aliphatic rings. The molecule has 0 aliphatic carbocycles. The molecular weight excluding hydrogens is 538 g/mol. The van der Waals surface area contributed by atoms with Gasteiger partial charge in [-0.25, -0.2) is 13.8 Å². The first-order chi connectivity index (χ1) is 20.4. The molecule has 220 valence electrons. The van der Waals surface area contributed by atoms with Crippen LogP contribution in [0.5, 0.6) is 0 Å². The largest absolute Gasteiger partial charge is 0.381 e. The van der Waals surface area contributed by atoms with Crippen molar-refractivity contribution in [3.63, 3.8) is 0 Å². The molecule has 2 aromatic carbocycles. The summed E-state index contributed by atoms with van der Waals surface area (Å²) in [7, 11) is 2.16. The Morgan fingerprint density at radius 2 is 1.76 bits per heavy atom. The van der Waals surface area contributed by atoms with E-state index < -0.39 is 11.6 Å². The Morgan fingerprint density at radius 3 is 2.52 bits per heavy atom. The normalized spacial score (nSPS) is 17.0. The van der Waals surface area contributed by atoms with E-state index in [-0.39, 0.29) is 11.9 Å². The molecule has 0 bridgehead atoms. The Bertz CT molecular complexity index is 1540. The number of hydrogen-bond donors (Lipinski definition) is 3. The summed E-state index contributed by atoms with van der Waals surface area (Å²) in [6.45, 7) is 3.54. The van der Waals surface area contributed by atoms with Crippen LogP contribution in [0.25, 0.3) is 11.0 Å². The number of nitrogens with zero attached hydrogens (tertiary/aromatic N) is 3. The van der Waals surface area contributed by atoms with Crippen LogP contribution in [-0.2, 0) is 17.6 Å². The number of likely N-dealkylation sites (tertiary alicyclic amines) is 1. The summed E-state index contributed by atoms with van der Waals surface area (Å²) >= 11 is 0. The first-order valence-corrected chi connectivity index (χ1v) is 14.7. The molecule has 0 spiro atoms. The molecule has 6 rings (SSSR count). The molecule has 2 saturated heterocycles. The minimum atomic E-state index is -0.599. The highest BCUT2D eigenvalue weighted by molar-refractivity contribution is 6.10. The standard InChI is InChI=1S/C32H36F2N6O2/c1-40-12-8-21(9-13-40)22-3-6-27(29(18-22)35-26-10-14-42-15-11-26)32(41)37-31-30-28(38-39-31)7-5-25(36-30)4-2-20-16-23(33)19-24(34)17-20/h3,5-7,16-19,21,26,35H,2,4,8-15H2,1H3,(H2,37,38,39,41). The maximum Gasteiger partial charge on any atom is 0.259 e. The second-order valence-electron chi connectivity index (χ2n) is 11.4. The summed E-state index contributed by atoms with van der Waals surface area (Å²) in [6, 6.07) is 13.6. The zero-order valence-electron chi connectivity index (χ0n) is 23.8. The summed E-state index contributed by atoms with van der Waals surface area (Å²) < 4.78 is 32.8. The summed E-state index contributed by atoms with van der Waals surface area (Å²) in [6.07, 6.45) is 4.88. The van der Waals surface area contributed by atoms with Gasteiger partial charge in [0.05, 0.1) is 11.1 Å². The maximum absolute atomic E-state index is 13.7. The molecular formula is C32H36F2N6O2. The zero-order chi connectivity index (χ0) is 29.1. The minimum absolute atomic E-state index is 0.236. The summed E-state index contributed by atoms with van der Waals surface area (Å²) in [4.78, 5) is 20.7. The van der Waals surface area contributed by atoms with E-state index in [2.05, 4.69) is 44.9 Å². The summed E-state index contributed by atoms with van der Waals surface area (Å²) in [5, 5.41) is 13.9. The van der Waals surface area contributed by atoms with Gasteiger partial charge in [0.25, 0.3) is 5.91 Å². The van der Waals surface area contributed by atoms with Crippen LogP contribution in [-0.4, -0.2) is 65.4 Å². The Balaban J connectivity index is 1.22. The van der Waals surface area contributed by atoms with Crippen molar-refractivity contribution < 1.29 is 18.3 Å². The quantitative estimate of drug-likeness (QED) is 0.251. The van der Waals surface area contributed by atoms with Crippen LogP contribution in [0.2, 0.25) is 0 Å². The molecule has 0 saturated carbocycles. The zero-order valence-corrected chi connectivity index (χ0v) is 23.8. The van der Waals surface area contributed by atoms with Crippen LogP contribution < -0.4 is 10.6 Å². The molecule has 1 amide bonds. The lowest BCUT2D eigenvalue weighted by molar-refractivity contribution is 0.0904. The molecule has 42 heavy (non-hydrogen) atoms. The fraction of sp³-hybridized carbons (Fsp3) is 0.406. The summed E-state index contributed by atoms with van der Waals surface area (Å²) in [5.41, 5.74) is 5.14. The monoisotopic (exact) mass is 574 g/mol. The third-order valence-electron chi connectivity index (χ3n) is 8.35. The number of carbonyl (C=O) groups is 1. The van der Waals surface area contributed by atoms with E-state index in [1.165, 1.54) is 17.7 Å². The van der Waals surface area contributed by atoms with Crippen LogP contribution >= 0.6 is 0 Å². The van der Waals surface area contributed by atoms with Gasteiger partial charge >= 0.3 is 0 Å². The number of carbonyl (C=O) groups excluding carboxylic acids is 1. The van der Waals surface area contributed by atoms with E-state index in [0.717, 1.165) is 56.2 Å². The van der Waals surface area contributed by atoms with Gasteiger partial charge in [-0.2, -0.15) is 5.10 Å². The van der Waals surface area contributed by atoms with Gasteiger partial charge in [-0.3, -0.25) is 9.89 Å². The number of amides is 1. The molecule has 4 heterocycles. The maximum atomic E-state index is 13.7. The number of anilines is 2. The number of hydrogen-bond acceptors (Lipinski definition) is 6. The molecule has 2 aliphatic heterocycles. The van der Waals surface area contributed by atoms with Gasteiger partial charge in [-0.15, -0.1) is 0 Å². The topological polar surface area (TPSA) is 95.2 Å². The molecule has 0 radical (unpaired) electrons. The average Bonchev–Trinajstić information content (AvgIpc) is 3.38. The number of halogens is 2. The number of nitrogens with one attached hydrogen (secondary N) is 3. The smallest absolute Gasteiger partial charge is 0.259 e. The van der Waals surface area contributed by atoms with Crippen molar-refractivity contribution in [3.05, 3.63) is 82.5 Å². The Kier molecular flexibility index (Phi) is 8.43. The molecule has 0 atom stereocenters. The van der Waals surface area contributed by atoms with Gasteiger partial charge in [0, 0.05) is 36.7 Å². The van der Waals surface area contributed by atoms with E-state index >= 15 is 0 Å². The second-order valence-corrected chi connectivity index (χ2v) is 11.4. The fourth-order valence-electron chi connectivity index (χ4n) is 5.91. The predicted molar refractivity (Wildman–Crippen MR) is 159 cm³/mol. The van der Waals surface area contributed by atoms with Crippen molar-refractivity contribution in [1.82, 2.24) is 20.1 Å². The second kappa shape index (κ2) is 12.5. The Labute approximate surface area is 243 Å². The summed E-state index contributed by atoms with van der Waals surface area (Å²) in [5.74, 6) is -0.660. The molecule has 4 aromatic rings. The number of aromatic nitrogens is 3. The average molecular weight is 575 g/mol. The van der Waals surface area contributed by atoms with Crippen molar-refractivity contribution in [2.24, 2.45) is 0 Å². The van der Waals surface area contributed by atoms with Crippen molar-refractivity contribution >= 4 is 28.4 Å². The van der Waals surface area contributed by atoms with Crippen LogP contribution in [0.15, 0.2) is 48.5 Å². The first kappa shape index (κ1) is 28.2. The minimum Gasteiger partial charge on any atom is -0.381 e. The number of rotatable bonds is 8. The fourth-order valence-corrected chi connectivity index (χ4v) is 5.91. The molecule has 10 heteroatoms. The van der Waals surface area contributed by atoms with E-state index in [0.29, 0.717) is 60.0 Å². The molecule has 2 fully saturated rings. The third-order valence-corrected chi connectivity index (χ3v) is 8.35. The molecule has 8 nitrogen and oxygen atoms in total. The van der Waals surface area contributed by atoms with Crippen molar-refractivity contribution in [1.29, 1.82) is 0 Å². The number of ether oxygens (including phenoxy) is 1. The van der Waals surface area contributed by atoms with Crippen LogP contribution in [0.1, 0.15) is 58.8 Å². The van der Waals surface area contributed by atoms with Gasteiger partial charge in [-0.05, 0) is 112 Å². The van der Waals surface area contributed by atoms with Gasteiger partial charge in [0.2, 0.25) is 0 Å². The SMILES string of the molecule is CN1CCC(c2ccc(C(=O)Nc3n[nH]c4ccc(CCc5cc(F)cc(F)c5)nc34)c(NC3CCOCC3)c2)CC1. The van der Waals surface area contributed by atoms with E-state index in [1.807, 2.05) is 18.2 Å². The highest BCUT2D eigenvalue weighted by Gasteiger charge is 2.23.